The Hall–Kier alpha value is -4.89. The van der Waals surface area contributed by atoms with E-state index in [0.29, 0.717) is 10.8 Å². The molecule has 8 saturated carbocycles. The van der Waals surface area contributed by atoms with Crippen molar-refractivity contribution in [1.82, 2.24) is 0 Å². The molecule has 8 bridgehead atoms. The molecular weight excluding hydrogens is 847 g/mol. The molecule has 3 nitrogen and oxygen atoms in total. The summed E-state index contributed by atoms with van der Waals surface area (Å²) in [5.74, 6) is 5.90. The van der Waals surface area contributed by atoms with Gasteiger partial charge < -0.3 is 9.80 Å². The summed E-state index contributed by atoms with van der Waals surface area (Å²) in [6.45, 7) is 16.8. The lowest BCUT2D eigenvalue weighted by atomic mass is 9.49. The number of allylic oxidation sites excluding steroid dienone is 7. The highest BCUT2D eigenvalue weighted by Gasteiger charge is 2.53. The number of anilines is 3. The molecule has 0 radical (unpaired) electrons. The molecule has 362 valence electrons. The van der Waals surface area contributed by atoms with Gasteiger partial charge in [-0.15, -0.1) is 0 Å². The van der Waals surface area contributed by atoms with E-state index in [9.17, 15) is 0 Å². The van der Waals surface area contributed by atoms with E-state index in [-0.39, 0.29) is 10.8 Å². The van der Waals surface area contributed by atoms with Crippen LogP contribution in [0.1, 0.15) is 153 Å². The number of benzene rings is 4. The van der Waals surface area contributed by atoms with Gasteiger partial charge in [-0.05, 0) is 230 Å². The van der Waals surface area contributed by atoms with Crippen LogP contribution in [0, 0.1) is 60.2 Å². The molecule has 0 atom stereocenters. The summed E-state index contributed by atoms with van der Waals surface area (Å²) in [7, 11) is 0. The first-order valence-corrected chi connectivity index (χ1v) is 28.2. The topological polar surface area (TPSA) is 9.49 Å². The van der Waals surface area contributed by atoms with Crippen LogP contribution in [0.2, 0.25) is 0 Å². The minimum Gasteiger partial charge on any atom is -0.344 e. The summed E-state index contributed by atoms with van der Waals surface area (Å²) in [6, 6.07) is 37.0. The van der Waals surface area contributed by atoms with Crippen molar-refractivity contribution >= 4 is 28.5 Å². The van der Waals surface area contributed by atoms with Gasteiger partial charge in [0.25, 0.3) is 0 Å². The lowest BCUT2D eigenvalue weighted by molar-refractivity contribution is -0.442. The Morgan fingerprint density at radius 1 is 0.571 bits per heavy atom. The van der Waals surface area contributed by atoms with E-state index in [1.54, 1.807) is 0 Å². The Morgan fingerprint density at radius 2 is 1.10 bits per heavy atom. The Morgan fingerprint density at radius 3 is 1.67 bits per heavy atom. The van der Waals surface area contributed by atoms with Crippen LogP contribution >= 0.6 is 0 Å². The highest BCUT2D eigenvalue weighted by atomic mass is 15.2. The zero-order valence-corrected chi connectivity index (χ0v) is 43.6. The van der Waals surface area contributed by atoms with Crippen molar-refractivity contribution in [2.24, 2.45) is 46.3 Å². The van der Waals surface area contributed by atoms with E-state index >= 15 is 0 Å². The molecule has 0 unspecified atom stereocenters. The molecule has 0 spiro atoms. The van der Waals surface area contributed by atoms with Crippen molar-refractivity contribution in [3.63, 3.8) is 0 Å². The van der Waals surface area contributed by atoms with Crippen LogP contribution in [0.3, 0.4) is 0 Å². The third kappa shape index (κ3) is 7.67. The van der Waals surface area contributed by atoms with Crippen molar-refractivity contribution in [2.75, 3.05) is 22.9 Å². The average molecular weight is 927 g/mol. The molecule has 4 aromatic carbocycles. The third-order valence-corrected chi connectivity index (χ3v) is 20.6. The van der Waals surface area contributed by atoms with Crippen LogP contribution < -0.4 is 9.80 Å². The second-order valence-electron chi connectivity index (χ2n) is 26.3. The molecule has 3 heteroatoms. The highest BCUT2D eigenvalue weighted by Crippen LogP contribution is 2.63. The molecule has 11 aliphatic rings. The second-order valence-corrected chi connectivity index (χ2v) is 26.3. The zero-order chi connectivity index (χ0) is 47.6. The SMILES string of the molecule is Cc1ccc2c(c1)C(C)(C)C(/C=C/C1=C(N(c3ccccc3)c3ccccc3)C(=C/C=C3/N(CCC45CC6CC(CC(C6)C4)C5)c4ccc(C)cc4C3(C)C)/CC1)=[N+]2CCC12CC3CC(CC(C3)C1)C2. The number of aryl methyl sites for hydroxylation is 2. The van der Waals surface area contributed by atoms with Gasteiger partial charge in [0.2, 0.25) is 5.69 Å². The molecule has 0 amide bonds. The van der Waals surface area contributed by atoms with Gasteiger partial charge in [0.05, 0.1) is 11.1 Å². The molecule has 0 saturated heterocycles. The van der Waals surface area contributed by atoms with Gasteiger partial charge in [-0.25, -0.2) is 0 Å². The lowest BCUT2D eigenvalue weighted by Crippen LogP contribution is -2.47. The molecule has 4 aromatic rings. The Balaban J connectivity index is 0.908. The molecule has 15 rings (SSSR count). The predicted octanol–water partition coefficient (Wildman–Crippen LogP) is 16.9. The number of hydrogen-bond donors (Lipinski definition) is 0. The van der Waals surface area contributed by atoms with E-state index in [2.05, 4.69) is 177 Å². The van der Waals surface area contributed by atoms with Crippen LogP contribution in [-0.4, -0.2) is 23.4 Å². The summed E-state index contributed by atoms with van der Waals surface area (Å²) >= 11 is 0. The predicted molar refractivity (Wildman–Crippen MR) is 293 cm³/mol. The first-order chi connectivity index (χ1) is 33.8. The van der Waals surface area contributed by atoms with Crippen LogP contribution in [0.5, 0.6) is 0 Å². The van der Waals surface area contributed by atoms with Gasteiger partial charge in [0.15, 0.2) is 5.71 Å². The minimum atomic E-state index is -0.0959. The summed E-state index contributed by atoms with van der Waals surface area (Å²) in [4.78, 5) is 5.36. The minimum absolute atomic E-state index is 0.0959. The smallest absolute Gasteiger partial charge is 0.209 e. The van der Waals surface area contributed by atoms with E-state index < -0.39 is 0 Å². The molecule has 9 aliphatic carbocycles. The number of hydrogen-bond acceptors (Lipinski definition) is 2. The second kappa shape index (κ2) is 16.8. The molecular formula is C67H80N3+. The van der Waals surface area contributed by atoms with Gasteiger partial charge in [-0.1, -0.05) is 91.7 Å². The number of rotatable bonds is 12. The number of para-hydroxylation sites is 2. The van der Waals surface area contributed by atoms with Crippen LogP contribution in [0.15, 0.2) is 144 Å². The highest BCUT2D eigenvalue weighted by molar-refractivity contribution is 6.03. The summed E-state index contributed by atoms with van der Waals surface area (Å²) in [5, 5.41) is 0. The summed E-state index contributed by atoms with van der Waals surface area (Å²) < 4.78 is 2.78. The monoisotopic (exact) mass is 927 g/mol. The fourth-order valence-electron chi connectivity index (χ4n) is 18.2. The van der Waals surface area contributed by atoms with Gasteiger partial charge in [-0.3, -0.25) is 0 Å². The van der Waals surface area contributed by atoms with E-state index in [0.717, 1.165) is 61.4 Å². The maximum atomic E-state index is 2.78. The fraction of sp³-hybridized carbons (Fsp3) is 0.507. The van der Waals surface area contributed by atoms with Crippen molar-refractivity contribution in [3.05, 3.63) is 166 Å². The number of nitrogens with zero attached hydrogens (tertiary/aromatic N) is 3. The van der Waals surface area contributed by atoms with Gasteiger partial charge in [-0.2, -0.15) is 4.58 Å². The first kappa shape index (κ1) is 45.0. The van der Waals surface area contributed by atoms with E-state index in [1.807, 2.05) is 0 Å². The van der Waals surface area contributed by atoms with Crippen molar-refractivity contribution in [3.8, 4) is 0 Å². The van der Waals surface area contributed by atoms with E-state index in [1.165, 1.54) is 163 Å². The molecule has 2 heterocycles. The average Bonchev–Trinajstić information content (AvgIpc) is 3.89. The Kier molecular flexibility index (Phi) is 10.8. The Bertz CT molecular complexity index is 2750. The zero-order valence-electron chi connectivity index (χ0n) is 43.6. The number of fused-ring (bicyclic) bond motifs is 2. The molecule has 8 fully saturated rings. The van der Waals surface area contributed by atoms with Crippen LogP contribution in [0.4, 0.5) is 22.7 Å². The molecule has 0 N–H and O–H groups in total. The quantitative estimate of drug-likeness (QED) is 0.131. The normalized spacial score (nSPS) is 32.9. The third-order valence-electron chi connectivity index (χ3n) is 20.6. The van der Waals surface area contributed by atoms with Crippen LogP contribution in [-0.2, 0) is 10.8 Å². The Labute approximate surface area is 421 Å². The van der Waals surface area contributed by atoms with Crippen molar-refractivity contribution in [1.29, 1.82) is 0 Å². The molecule has 70 heavy (non-hydrogen) atoms. The molecule has 0 aromatic heterocycles. The molecule has 2 aliphatic heterocycles. The van der Waals surface area contributed by atoms with Crippen molar-refractivity contribution < 1.29 is 4.58 Å². The maximum absolute atomic E-state index is 2.78. The first-order valence-electron chi connectivity index (χ1n) is 28.2. The summed E-state index contributed by atoms with van der Waals surface area (Å²) in [6.07, 6.45) is 32.9. The summed E-state index contributed by atoms with van der Waals surface area (Å²) in [5.41, 5.74) is 19.0. The fourth-order valence-corrected chi connectivity index (χ4v) is 18.2. The van der Waals surface area contributed by atoms with Crippen molar-refractivity contribution in [2.45, 2.75) is 155 Å². The maximum Gasteiger partial charge on any atom is 0.209 e. The van der Waals surface area contributed by atoms with Gasteiger partial charge in [0.1, 0.15) is 6.54 Å². The largest absolute Gasteiger partial charge is 0.344 e. The lowest BCUT2D eigenvalue weighted by Gasteiger charge is -2.57. The van der Waals surface area contributed by atoms with E-state index in [4.69, 9.17) is 0 Å². The van der Waals surface area contributed by atoms with Gasteiger partial charge >= 0.3 is 0 Å². The van der Waals surface area contributed by atoms with Crippen LogP contribution in [0.25, 0.3) is 0 Å². The van der Waals surface area contributed by atoms with Gasteiger partial charge in [0, 0.05) is 58.8 Å². The standard InChI is InChI=1S/C67H80N3/c1-45-17-23-59-57(31-45)64(3,4)61(68(59)29-27-66-39-47-33-48(40-66)35-49(34-47)41-66)25-21-53-19-20-54(63(53)70(55-13-9-7-10-14-55)56-15-11-8-12-16-56)22-26-62-65(5,6)58-32-46(2)18-24-60(58)69(62)30-28-67-42-50-36-51(43-67)38-52(37-50)44-67/h7-18,21-26,31-32,47-52H,19-20,27-30,33-44H2,1-6H3/q+1.